The molecule has 550 valence electrons. The van der Waals surface area contributed by atoms with Gasteiger partial charge in [-0.3, -0.25) is 19.2 Å². The predicted molar refractivity (Wildman–Crippen MR) is 391 cm³/mol. The lowest BCUT2D eigenvalue weighted by molar-refractivity contribution is -0.128. The zero-order valence-electron chi connectivity index (χ0n) is 60.1. The van der Waals surface area contributed by atoms with Gasteiger partial charge in [-0.1, -0.05) is 149 Å². The molecule has 4 atom stereocenters. The normalized spacial score (nSPS) is 13.1. The second-order valence-corrected chi connectivity index (χ2v) is 27.4. The van der Waals surface area contributed by atoms with Gasteiger partial charge >= 0.3 is 36.4 Å². The topological polar surface area (TPSA) is 359 Å². The molecule has 0 radical (unpaired) electrons. The summed E-state index contributed by atoms with van der Waals surface area (Å²) in [5, 5.41) is 25.5. The van der Waals surface area contributed by atoms with Crippen molar-refractivity contribution < 1.29 is 72.0 Å². The highest BCUT2D eigenvalue weighted by Gasteiger charge is 2.35. The number of amides is 10. The minimum absolute atomic E-state index is 0.0312. The molecule has 8 rings (SSSR count). The van der Waals surface area contributed by atoms with E-state index in [0.29, 0.717) is 41.8 Å². The molecule has 0 bridgehead atoms. The van der Waals surface area contributed by atoms with Crippen LogP contribution in [0.5, 0.6) is 0 Å². The number of rotatable bonds is 32. The van der Waals surface area contributed by atoms with Crippen LogP contribution in [0.3, 0.4) is 0 Å². The Labute approximate surface area is 601 Å². The average molecular weight is 1420 g/mol. The van der Waals surface area contributed by atoms with Gasteiger partial charge in [-0.15, -0.1) is 0 Å². The SMILES string of the molecule is CC(C)[C@H](NC(=O)OCC1c2ccccc2-c2ccccc21)C(=O)C[C@@H](CCCNC(N)=O)C(=O)Nc1ccc(CO)cc1.CC(C)[C@H](NC(=O)OCC1c2ccccc2-c2ccccc21)C(=O)C[C@@H](CCCNC(N)=O)C(=O)Nc1ccc(COC(=O)N(C)CCN(C)C(=O)OC(C)(C)C)cc1. The highest BCUT2D eigenvalue weighted by molar-refractivity contribution is 5.98. The van der Waals surface area contributed by atoms with Gasteiger partial charge in [0.1, 0.15) is 25.4 Å². The molecule has 6 aromatic carbocycles. The number of carbonyl (C=O) groups excluding carboxylic acids is 10. The molecule has 0 spiro atoms. The molecule has 11 N–H and O–H groups in total. The number of likely N-dealkylation sites (N-methyl/N-ethyl adjacent to an activating group) is 2. The number of Topliss-reactive ketones (excluding diaryl/α,β-unsaturated/α-hetero) is 2. The summed E-state index contributed by atoms with van der Waals surface area (Å²) in [4.78, 5) is 130. The molecule has 0 aliphatic heterocycles. The number of urea groups is 2. The van der Waals surface area contributed by atoms with Crippen molar-refractivity contribution in [3.63, 3.8) is 0 Å². The maximum absolute atomic E-state index is 13.8. The van der Waals surface area contributed by atoms with Crippen LogP contribution in [0, 0.1) is 23.7 Å². The number of carbonyl (C=O) groups is 10. The smallest absolute Gasteiger partial charge is 0.410 e. The number of hydrogen-bond donors (Lipinski definition) is 9. The molecule has 0 saturated carbocycles. The van der Waals surface area contributed by atoms with Crippen molar-refractivity contribution in [2.75, 3.05) is 64.1 Å². The maximum atomic E-state index is 13.8. The highest BCUT2D eigenvalue weighted by atomic mass is 16.6. The second kappa shape index (κ2) is 38.3. The Balaban J connectivity index is 0.000000301. The minimum atomic E-state index is -0.920. The number of hydrogen-bond acceptors (Lipinski definition) is 15. The molecule has 0 unspecified atom stereocenters. The fourth-order valence-electron chi connectivity index (χ4n) is 12.2. The first-order valence-corrected chi connectivity index (χ1v) is 34.7. The number of anilines is 2. The summed E-state index contributed by atoms with van der Waals surface area (Å²) >= 11 is 0. The molecule has 0 fully saturated rings. The van der Waals surface area contributed by atoms with Crippen LogP contribution in [0.15, 0.2) is 146 Å². The van der Waals surface area contributed by atoms with Crippen LogP contribution in [-0.2, 0) is 51.3 Å². The number of nitrogens with zero attached hydrogens (tertiary/aromatic N) is 2. The van der Waals surface area contributed by atoms with Crippen molar-refractivity contribution in [3.8, 4) is 22.3 Å². The summed E-state index contributed by atoms with van der Waals surface area (Å²) in [6.07, 6.45) is -1.44. The molecule has 2 aliphatic rings. The number of benzene rings is 6. The molecule has 6 aromatic rings. The molecule has 10 amide bonds. The Kier molecular flexibility index (Phi) is 29.5. The highest BCUT2D eigenvalue weighted by Crippen LogP contribution is 2.46. The van der Waals surface area contributed by atoms with E-state index in [1.807, 2.05) is 98.8 Å². The van der Waals surface area contributed by atoms with Crippen LogP contribution in [0.4, 0.5) is 40.1 Å². The number of ketones is 2. The van der Waals surface area contributed by atoms with E-state index < -0.39 is 71.9 Å². The van der Waals surface area contributed by atoms with Crippen LogP contribution < -0.4 is 43.4 Å². The van der Waals surface area contributed by atoms with E-state index in [0.717, 1.165) is 44.5 Å². The second-order valence-electron chi connectivity index (χ2n) is 27.4. The van der Waals surface area contributed by atoms with E-state index >= 15 is 0 Å². The van der Waals surface area contributed by atoms with Crippen molar-refractivity contribution in [2.24, 2.45) is 35.1 Å². The third-order valence-electron chi connectivity index (χ3n) is 17.7. The molecule has 0 heterocycles. The number of aliphatic hydroxyl groups is 1. The third kappa shape index (κ3) is 23.9. The zero-order chi connectivity index (χ0) is 74.9. The molecule has 0 aromatic heterocycles. The van der Waals surface area contributed by atoms with Crippen molar-refractivity contribution in [2.45, 2.75) is 130 Å². The van der Waals surface area contributed by atoms with Gasteiger partial charge in [0.15, 0.2) is 11.6 Å². The Morgan fingerprint density at radius 1 is 0.485 bits per heavy atom. The quantitative estimate of drug-likeness (QED) is 0.0140. The lowest BCUT2D eigenvalue weighted by Crippen LogP contribution is -2.46. The third-order valence-corrected chi connectivity index (χ3v) is 17.7. The number of nitrogens with two attached hydrogens (primary N) is 2. The number of primary amides is 2. The predicted octanol–water partition coefficient (Wildman–Crippen LogP) is 11.4. The summed E-state index contributed by atoms with van der Waals surface area (Å²) in [5.41, 5.74) is 20.8. The molecule has 0 saturated heterocycles. The van der Waals surface area contributed by atoms with E-state index in [9.17, 15) is 53.1 Å². The Morgan fingerprint density at radius 3 is 1.17 bits per heavy atom. The van der Waals surface area contributed by atoms with Crippen molar-refractivity contribution in [1.29, 1.82) is 0 Å². The number of alkyl carbamates (subject to hydrolysis) is 2. The van der Waals surface area contributed by atoms with Crippen LogP contribution in [0.1, 0.15) is 132 Å². The fourth-order valence-corrected chi connectivity index (χ4v) is 12.2. The first-order chi connectivity index (χ1) is 49.1. The van der Waals surface area contributed by atoms with Crippen molar-refractivity contribution in [3.05, 3.63) is 179 Å². The number of ether oxygens (including phenoxy) is 4. The van der Waals surface area contributed by atoms with Crippen LogP contribution in [0.25, 0.3) is 22.3 Å². The largest absolute Gasteiger partial charge is 0.449 e. The van der Waals surface area contributed by atoms with Crippen LogP contribution in [0.2, 0.25) is 0 Å². The first kappa shape index (κ1) is 79.5. The van der Waals surface area contributed by atoms with Gasteiger partial charge in [-0.25, -0.2) is 28.8 Å². The molecule has 25 nitrogen and oxygen atoms in total. The lowest BCUT2D eigenvalue weighted by atomic mass is 9.89. The van der Waals surface area contributed by atoms with E-state index in [2.05, 4.69) is 44.0 Å². The van der Waals surface area contributed by atoms with Crippen LogP contribution in [-0.4, -0.2) is 146 Å². The van der Waals surface area contributed by atoms with E-state index in [4.69, 9.17) is 30.4 Å². The van der Waals surface area contributed by atoms with Gasteiger partial charge in [0.2, 0.25) is 11.8 Å². The van der Waals surface area contributed by atoms with Crippen molar-refractivity contribution in [1.82, 2.24) is 31.1 Å². The lowest BCUT2D eigenvalue weighted by Gasteiger charge is -2.26. The van der Waals surface area contributed by atoms with Crippen LogP contribution >= 0.6 is 0 Å². The van der Waals surface area contributed by atoms with Gasteiger partial charge < -0.3 is 77.2 Å². The Hall–Kier alpha value is -10.8. The summed E-state index contributed by atoms with van der Waals surface area (Å²) in [6.45, 7) is 13.6. The van der Waals surface area contributed by atoms with Gasteiger partial charge in [-0.05, 0) is 138 Å². The average Bonchev–Trinajstić information content (AvgIpc) is 1.62. The van der Waals surface area contributed by atoms with Gasteiger partial charge in [0.25, 0.3) is 0 Å². The monoisotopic (exact) mass is 1410 g/mol. The van der Waals surface area contributed by atoms with E-state index in [1.165, 1.54) is 9.80 Å². The molecule has 2 aliphatic carbocycles. The molecule has 103 heavy (non-hydrogen) atoms. The summed E-state index contributed by atoms with van der Waals surface area (Å²) in [7, 11) is 3.15. The summed E-state index contributed by atoms with van der Waals surface area (Å²) in [5.74, 6) is -3.76. The molecular weight excluding hydrogens is 1320 g/mol. The standard InChI is InChI=1S/C44H58N6O9.C34H40N4O6/c1-28(2)38(48-41(54)57-27-36-34-16-10-8-14-32(34)33-15-9-11-17-35(33)36)37(51)25-30(13-12-22-46-40(45)53)39(52)47-31-20-18-29(19-21-31)26-58-42(55)49(6)23-24-50(7)43(56)59-44(3,4)5;1-21(2)31(38-34(43)44-20-29-27-11-5-3-9-25(27)26-10-4-6-12-28(26)29)30(40)18-23(8-7-17-36-33(35)42)32(41)37-24-15-13-22(19-39)14-16-24/h8-11,14-21,28,30,36,38H,12-13,22-27H2,1-7H3,(H,47,52)(H,48,54)(H3,45,46,53);3-6,9-16,21,23,29,31,39H,7-8,17-20H2,1-2H3,(H,37,41)(H,38,43)(H3,35,36,42)/t30-,38+;23-,31+/m11/s1. The maximum Gasteiger partial charge on any atom is 0.410 e. The number of aliphatic hydroxyl groups excluding tert-OH is 1. The van der Waals surface area contributed by atoms with E-state index in [1.54, 1.807) is 97.2 Å². The number of nitrogens with one attached hydrogen (secondary N) is 6. The molecule has 25 heteroatoms. The Bertz CT molecular complexity index is 3820. The Morgan fingerprint density at radius 2 is 0.835 bits per heavy atom. The summed E-state index contributed by atoms with van der Waals surface area (Å²) in [6, 6.07) is 42.4. The number of fused-ring (bicyclic) bond motifs is 6. The molecular formula is C78H98N10O15. The minimum Gasteiger partial charge on any atom is -0.449 e. The van der Waals surface area contributed by atoms with Gasteiger partial charge in [0, 0.05) is 88.2 Å². The van der Waals surface area contributed by atoms with Gasteiger partial charge in [-0.2, -0.15) is 0 Å². The zero-order valence-corrected chi connectivity index (χ0v) is 60.1. The fraction of sp³-hybridized carbons (Fsp3) is 0.410. The first-order valence-electron chi connectivity index (χ1n) is 34.7. The van der Waals surface area contributed by atoms with Gasteiger partial charge in [0.05, 0.1) is 18.7 Å². The van der Waals surface area contributed by atoms with E-state index in [-0.39, 0.29) is 113 Å². The van der Waals surface area contributed by atoms with Crippen molar-refractivity contribution >= 4 is 71.2 Å². The summed E-state index contributed by atoms with van der Waals surface area (Å²) < 4.78 is 22.1.